The second-order valence-electron chi connectivity index (χ2n) is 3.86. The third kappa shape index (κ3) is 3.07. The highest BCUT2D eigenvalue weighted by molar-refractivity contribution is 5.17. The van der Waals surface area contributed by atoms with Gasteiger partial charge in [-0.1, -0.05) is 6.07 Å². The molecule has 17 heavy (non-hydrogen) atoms. The maximum atomic E-state index is 13.4. The number of hydrogen-bond acceptors (Lipinski definition) is 3. The maximum Gasteiger partial charge on any atom is 0.146 e. The molecule has 2 N–H and O–H groups in total. The molecule has 0 fully saturated rings. The lowest BCUT2D eigenvalue weighted by molar-refractivity contribution is 0.557. The highest BCUT2D eigenvalue weighted by Gasteiger charge is 2.11. The van der Waals surface area contributed by atoms with Gasteiger partial charge in [0, 0.05) is 29.7 Å². The Hall–Kier alpha value is -1.81. The minimum atomic E-state index is -0.346. The molecule has 0 aliphatic rings. The van der Waals surface area contributed by atoms with Crippen LogP contribution in [0.15, 0.2) is 42.9 Å². The highest BCUT2D eigenvalue weighted by Crippen LogP contribution is 2.18. The number of nitrogens with zero attached hydrogens (tertiary/aromatic N) is 2. The van der Waals surface area contributed by atoms with E-state index in [1.807, 2.05) is 18.2 Å². The Morgan fingerprint density at radius 1 is 1.24 bits per heavy atom. The van der Waals surface area contributed by atoms with Gasteiger partial charge in [-0.15, -0.1) is 0 Å². The van der Waals surface area contributed by atoms with E-state index in [2.05, 4.69) is 9.97 Å². The molecule has 3 nitrogen and oxygen atoms in total. The Morgan fingerprint density at radius 3 is 2.82 bits per heavy atom. The lowest BCUT2D eigenvalue weighted by Crippen LogP contribution is -2.13. The summed E-state index contributed by atoms with van der Waals surface area (Å²) in [7, 11) is 0. The third-order valence-electron chi connectivity index (χ3n) is 2.64. The largest absolute Gasteiger partial charge is 0.324 e. The molecule has 0 aliphatic heterocycles. The molecule has 4 heteroatoms. The predicted molar refractivity (Wildman–Crippen MR) is 63.7 cm³/mol. The van der Waals surface area contributed by atoms with Gasteiger partial charge in [-0.3, -0.25) is 9.97 Å². The molecule has 2 aromatic rings. The van der Waals surface area contributed by atoms with E-state index in [0.29, 0.717) is 12.0 Å². The molecule has 0 radical (unpaired) electrons. The smallest absolute Gasteiger partial charge is 0.146 e. The van der Waals surface area contributed by atoms with Crippen LogP contribution in [0.2, 0.25) is 0 Å². The average molecular weight is 231 g/mol. The number of hydrogen-bond donors (Lipinski definition) is 1. The van der Waals surface area contributed by atoms with Gasteiger partial charge in [-0.2, -0.15) is 0 Å². The molecule has 0 saturated carbocycles. The van der Waals surface area contributed by atoms with E-state index in [1.165, 1.54) is 6.20 Å². The summed E-state index contributed by atoms with van der Waals surface area (Å²) in [5.41, 5.74) is 7.43. The summed E-state index contributed by atoms with van der Waals surface area (Å²) in [5, 5.41) is 0. The molecule has 0 aliphatic carbocycles. The Morgan fingerprint density at radius 2 is 2.12 bits per heavy atom. The highest BCUT2D eigenvalue weighted by atomic mass is 19.1. The zero-order valence-electron chi connectivity index (χ0n) is 9.38. The summed E-state index contributed by atoms with van der Waals surface area (Å²) in [5.74, 6) is -0.346. The summed E-state index contributed by atoms with van der Waals surface area (Å²) in [4.78, 5) is 7.91. The van der Waals surface area contributed by atoms with Crippen molar-refractivity contribution in [3.8, 4) is 0 Å². The van der Waals surface area contributed by atoms with Crippen LogP contribution < -0.4 is 5.73 Å². The van der Waals surface area contributed by atoms with Crippen molar-refractivity contribution in [2.75, 3.05) is 0 Å². The maximum absolute atomic E-state index is 13.4. The Labute approximate surface area is 99.5 Å². The van der Waals surface area contributed by atoms with E-state index in [9.17, 15) is 4.39 Å². The molecular weight excluding hydrogens is 217 g/mol. The standard InChI is InChI=1S/C13H14FN3/c14-12-9-16-8-6-11(12)13(15)5-4-10-3-1-2-7-17-10/h1-3,6-9,13H,4-5,15H2. The van der Waals surface area contributed by atoms with Gasteiger partial charge in [0.15, 0.2) is 0 Å². The van der Waals surface area contributed by atoms with Crippen LogP contribution in [0.1, 0.15) is 23.7 Å². The topological polar surface area (TPSA) is 51.8 Å². The molecule has 2 heterocycles. The predicted octanol–water partition coefficient (Wildman–Crippen LogP) is 2.25. The minimum Gasteiger partial charge on any atom is -0.324 e. The van der Waals surface area contributed by atoms with Gasteiger partial charge in [0.25, 0.3) is 0 Å². The van der Waals surface area contributed by atoms with Crippen molar-refractivity contribution in [2.24, 2.45) is 5.73 Å². The molecule has 2 rings (SSSR count). The van der Waals surface area contributed by atoms with Gasteiger partial charge >= 0.3 is 0 Å². The monoisotopic (exact) mass is 231 g/mol. The molecular formula is C13H14FN3. The quantitative estimate of drug-likeness (QED) is 0.878. The molecule has 0 amide bonds. The number of aryl methyl sites for hydroxylation is 1. The van der Waals surface area contributed by atoms with E-state index in [4.69, 9.17) is 5.73 Å². The van der Waals surface area contributed by atoms with Gasteiger partial charge in [-0.05, 0) is 31.0 Å². The van der Waals surface area contributed by atoms with Crippen molar-refractivity contribution in [1.29, 1.82) is 0 Å². The first kappa shape index (κ1) is 11.7. The van der Waals surface area contributed by atoms with Crippen molar-refractivity contribution < 1.29 is 4.39 Å². The molecule has 1 unspecified atom stereocenters. The van der Waals surface area contributed by atoms with Crippen molar-refractivity contribution in [1.82, 2.24) is 9.97 Å². The van der Waals surface area contributed by atoms with Gasteiger partial charge in [-0.25, -0.2) is 4.39 Å². The zero-order chi connectivity index (χ0) is 12.1. The SMILES string of the molecule is NC(CCc1ccccn1)c1ccncc1F. The van der Waals surface area contributed by atoms with Gasteiger partial charge in [0.2, 0.25) is 0 Å². The van der Waals surface area contributed by atoms with Crippen LogP contribution in [0.5, 0.6) is 0 Å². The van der Waals surface area contributed by atoms with Crippen LogP contribution in [0.25, 0.3) is 0 Å². The zero-order valence-corrected chi connectivity index (χ0v) is 9.38. The molecule has 0 aromatic carbocycles. The fraction of sp³-hybridized carbons (Fsp3) is 0.231. The first-order valence-corrected chi connectivity index (χ1v) is 5.52. The Kier molecular flexibility index (Phi) is 3.77. The van der Waals surface area contributed by atoms with E-state index in [-0.39, 0.29) is 11.9 Å². The van der Waals surface area contributed by atoms with Crippen molar-refractivity contribution in [3.63, 3.8) is 0 Å². The number of rotatable bonds is 4. The second-order valence-corrected chi connectivity index (χ2v) is 3.86. The number of nitrogens with two attached hydrogens (primary N) is 1. The molecule has 88 valence electrons. The van der Waals surface area contributed by atoms with Crippen LogP contribution in [-0.2, 0) is 6.42 Å². The van der Waals surface area contributed by atoms with Crippen LogP contribution in [-0.4, -0.2) is 9.97 Å². The fourth-order valence-corrected chi connectivity index (χ4v) is 1.69. The number of halogens is 1. The second kappa shape index (κ2) is 5.50. The van der Waals surface area contributed by atoms with E-state index in [1.54, 1.807) is 18.5 Å². The Bertz CT molecular complexity index is 473. The summed E-state index contributed by atoms with van der Waals surface area (Å²) in [6.45, 7) is 0. The van der Waals surface area contributed by atoms with Crippen molar-refractivity contribution in [3.05, 3.63) is 59.9 Å². The fourth-order valence-electron chi connectivity index (χ4n) is 1.69. The summed E-state index contributed by atoms with van der Waals surface area (Å²) in [6.07, 6.45) is 5.89. The molecule has 0 spiro atoms. The number of aromatic nitrogens is 2. The van der Waals surface area contributed by atoms with Crippen LogP contribution in [0.4, 0.5) is 4.39 Å². The van der Waals surface area contributed by atoms with E-state index >= 15 is 0 Å². The van der Waals surface area contributed by atoms with Crippen molar-refractivity contribution >= 4 is 0 Å². The lowest BCUT2D eigenvalue weighted by atomic mass is 10.0. The van der Waals surface area contributed by atoms with E-state index < -0.39 is 0 Å². The molecule has 0 saturated heterocycles. The molecule has 2 aromatic heterocycles. The average Bonchev–Trinajstić information content (AvgIpc) is 2.38. The first-order valence-electron chi connectivity index (χ1n) is 5.52. The van der Waals surface area contributed by atoms with Crippen molar-refractivity contribution in [2.45, 2.75) is 18.9 Å². The summed E-state index contributed by atoms with van der Waals surface area (Å²) >= 11 is 0. The van der Waals surface area contributed by atoms with Gasteiger partial charge in [0.05, 0.1) is 6.20 Å². The van der Waals surface area contributed by atoms with Crippen LogP contribution in [0.3, 0.4) is 0 Å². The molecule has 1 atom stereocenters. The molecule has 0 bridgehead atoms. The minimum absolute atomic E-state index is 0.319. The van der Waals surface area contributed by atoms with Crippen LogP contribution >= 0.6 is 0 Å². The van der Waals surface area contributed by atoms with Gasteiger partial charge in [0.1, 0.15) is 5.82 Å². The summed E-state index contributed by atoms with van der Waals surface area (Å²) < 4.78 is 13.4. The lowest BCUT2D eigenvalue weighted by Gasteiger charge is -2.11. The summed E-state index contributed by atoms with van der Waals surface area (Å²) in [6, 6.07) is 7.04. The Balaban J connectivity index is 1.99. The van der Waals surface area contributed by atoms with E-state index in [0.717, 1.165) is 12.1 Å². The van der Waals surface area contributed by atoms with Gasteiger partial charge < -0.3 is 5.73 Å². The van der Waals surface area contributed by atoms with Crippen LogP contribution in [0, 0.1) is 5.82 Å². The normalized spacial score (nSPS) is 12.4. The third-order valence-corrected chi connectivity index (χ3v) is 2.64. The number of pyridine rings is 2. The first-order chi connectivity index (χ1) is 8.27.